The molecule has 0 atom stereocenters. The van der Waals surface area contributed by atoms with E-state index in [1.54, 1.807) is 18.2 Å². The average Bonchev–Trinajstić information content (AvgIpc) is 3.15. The molecule has 1 aromatic heterocycles. The van der Waals surface area contributed by atoms with Gasteiger partial charge in [-0.1, -0.05) is 42.5 Å². The van der Waals surface area contributed by atoms with E-state index >= 15 is 0 Å². The van der Waals surface area contributed by atoms with Crippen molar-refractivity contribution in [3.05, 3.63) is 99.5 Å². The molecule has 4 nitrogen and oxygen atoms in total. The summed E-state index contributed by atoms with van der Waals surface area (Å²) in [5.41, 5.74) is 4.97. The topological polar surface area (TPSA) is 42.3 Å². The lowest BCUT2D eigenvalue weighted by Crippen LogP contribution is -2.27. The van der Waals surface area contributed by atoms with Crippen LogP contribution in [0, 0.1) is 19.7 Å². The Morgan fingerprint density at radius 2 is 1.60 bits per heavy atom. The highest BCUT2D eigenvalue weighted by molar-refractivity contribution is 8.18. The lowest BCUT2D eigenvalue weighted by atomic mass is 10.2. The summed E-state index contributed by atoms with van der Waals surface area (Å²) in [6.07, 6.45) is 1.79. The summed E-state index contributed by atoms with van der Waals surface area (Å²) in [5.74, 6) is -0.666. The number of carbonyl (C=O) groups is 2. The van der Waals surface area contributed by atoms with Crippen LogP contribution >= 0.6 is 11.8 Å². The molecule has 0 aliphatic carbocycles. The van der Waals surface area contributed by atoms with Gasteiger partial charge in [0.15, 0.2) is 0 Å². The van der Waals surface area contributed by atoms with Crippen LogP contribution < -0.4 is 0 Å². The van der Waals surface area contributed by atoms with E-state index in [2.05, 4.69) is 16.7 Å². The summed E-state index contributed by atoms with van der Waals surface area (Å²) < 4.78 is 15.3. The maximum atomic E-state index is 13.1. The number of nitrogens with zero attached hydrogens (tertiary/aromatic N) is 2. The Morgan fingerprint density at radius 3 is 2.30 bits per heavy atom. The third kappa shape index (κ3) is 4.09. The summed E-state index contributed by atoms with van der Waals surface area (Å²) in [5, 5.41) is -0.311. The van der Waals surface area contributed by atoms with Gasteiger partial charge in [0.25, 0.3) is 11.1 Å². The monoisotopic (exact) mass is 420 g/mol. The van der Waals surface area contributed by atoms with Crippen LogP contribution in [0.25, 0.3) is 6.08 Å². The van der Waals surface area contributed by atoms with Crippen LogP contribution in [-0.2, 0) is 17.9 Å². The first kappa shape index (κ1) is 20.2. The number of aryl methyl sites for hydroxylation is 1. The highest BCUT2D eigenvalue weighted by Crippen LogP contribution is 2.34. The second kappa shape index (κ2) is 8.32. The molecule has 1 saturated heterocycles. The standard InChI is InChI=1S/C24H21FN2O2S/c1-16-12-20(17(2)26(16)14-18-6-4-3-5-7-18)13-22-23(28)27(24(29)30-22)15-19-8-10-21(25)11-9-19/h3-13H,14-15H2,1-2H3/b22-13-. The Bertz CT molecular complexity index is 1130. The molecule has 0 radical (unpaired) electrons. The number of benzene rings is 2. The van der Waals surface area contributed by atoms with Crippen LogP contribution in [0.5, 0.6) is 0 Å². The predicted molar refractivity (Wildman–Crippen MR) is 117 cm³/mol. The Labute approximate surface area is 179 Å². The van der Waals surface area contributed by atoms with Gasteiger partial charge < -0.3 is 4.57 Å². The highest BCUT2D eigenvalue weighted by atomic mass is 32.2. The Morgan fingerprint density at radius 1 is 0.933 bits per heavy atom. The second-order valence-electron chi connectivity index (χ2n) is 7.29. The predicted octanol–water partition coefficient (Wildman–Crippen LogP) is 5.53. The number of carbonyl (C=O) groups excluding carboxylic acids is 2. The lowest BCUT2D eigenvalue weighted by Gasteiger charge is -2.12. The Kier molecular flexibility index (Phi) is 5.59. The fourth-order valence-corrected chi connectivity index (χ4v) is 4.36. The molecule has 1 aliphatic heterocycles. The van der Waals surface area contributed by atoms with Gasteiger partial charge in [-0.05, 0) is 66.6 Å². The number of thioether (sulfide) groups is 1. The first-order valence-electron chi connectivity index (χ1n) is 9.63. The minimum absolute atomic E-state index is 0.134. The maximum absolute atomic E-state index is 13.1. The van der Waals surface area contributed by atoms with Gasteiger partial charge in [0.1, 0.15) is 5.82 Å². The largest absolute Gasteiger partial charge is 0.344 e. The molecule has 2 amide bonds. The van der Waals surface area contributed by atoms with Crippen molar-refractivity contribution in [1.29, 1.82) is 0 Å². The van der Waals surface area contributed by atoms with E-state index in [4.69, 9.17) is 0 Å². The number of rotatable bonds is 5. The zero-order valence-corrected chi connectivity index (χ0v) is 17.6. The summed E-state index contributed by atoms with van der Waals surface area (Å²) in [6, 6.07) is 18.0. The number of hydrogen-bond donors (Lipinski definition) is 0. The number of halogens is 1. The van der Waals surface area contributed by atoms with Crippen LogP contribution in [0.4, 0.5) is 9.18 Å². The van der Waals surface area contributed by atoms with E-state index in [0.29, 0.717) is 10.5 Å². The molecule has 3 aromatic rings. The van der Waals surface area contributed by atoms with Crippen molar-refractivity contribution in [2.24, 2.45) is 0 Å². The summed E-state index contributed by atoms with van der Waals surface area (Å²) >= 11 is 0.942. The number of imide groups is 1. The van der Waals surface area contributed by atoms with Gasteiger partial charge in [0.05, 0.1) is 11.4 Å². The summed E-state index contributed by atoms with van der Waals surface area (Å²) in [4.78, 5) is 26.8. The van der Waals surface area contributed by atoms with Crippen molar-refractivity contribution < 1.29 is 14.0 Å². The molecule has 0 bridgehead atoms. The molecule has 1 fully saturated rings. The lowest BCUT2D eigenvalue weighted by molar-refractivity contribution is -0.123. The van der Waals surface area contributed by atoms with E-state index in [1.165, 1.54) is 22.6 Å². The normalized spacial score (nSPS) is 15.4. The van der Waals surface area contributed by atoms with Crippen LogP contribution in [0.2, 0.25) is 0 Å². The van der Waals surface area contributed by atoms with Gasteiger partial charge in [-0.3, -0.25) is 14.5 Å². The van der Waals surface area contributed by atoms with E-state index in [0.717, 1.165) is 35.3 Å². The van der Waals surface area contributed by atoms with Crippen molar-refractivity contribution in [2.45, 2.75) is 26.9 Å². The first-order valence-corrected chi connectivity index (χ1v) is 10.4. The van der Waals surface area contributed by atoms with Crippen LogP contribution in [-0.4, -0.2) is 20.6 Å². The van der Waals surface area contributed by atoms with E-state index in [-0.39, 0.29) is 23.5 Å². The molecule has 0 N–H and O–H groups in total. The number of hydrogen-bond acceptors (Lipinski definition) is 3. The molecule has 30 heavy (non-hydrogen) atoms. The third-order valence-corrected chi connectivity index (χ3v) is 6.12. The molecule has 2 aromatic carbocycles. The fourth-order valence-electron chi connectivity index (χ4n) is 3.53. The molecule has 1 aliphatic rings. The van der Waals surface area contributed by atoms with Gasteiger partial charge in [0.2, 0.25) is 0 Å². The van der Waals surface area contributed by atoms with Crippen molar-refractivity contribution in [3.8, 4) is 0 Å². The van der Waals surface area contributed by atoms with Crippen molar-refractivity contribution in [1.82, 2.24) is 9.47 Å². The summed E-state index contributed by atoms with van der Waals surface area (Å²) in [6.45, 7) is 4.94. The zero-order chi connectivity index (χ0) is 21.3. The smallest absolute Gasteiger partial charge is 0.293 e. The van der Waals surface area contributed by atoms with Crippen molar-refractivity contribution >= 4 is 29.0 Å². The zero-order valence-electron chi connectivity index (χ0n) is 16.8. The van der Waals surface area contributed by atoms with Gasteiger partial charge >= 0.3 is 0 Å². The minimum atomic E-state index is -0.348. The van der Waals surface area contributed by atoms with E-state index in [1.807, 2.05) is 38.1 Å². The maximum Gasteiger partial charge on any atom is 0.293 e. The molecule has 0 unspecified atom stereocenters. The van der Waals surface area contributed by atoms with Gasteiger partial charge in [-0.15, -0.1) is 0 Å². The molecule has 4 rings (SSSR count). The van der Waals surface area contributed by atoms with E-state index < -0.39 is 0 Å². The van der Waals surface area contributed by atoms with Crippen molar-refractivity contribution in [2.75, 3.05) is 0 Å². The van der Waals surface area contributed by atoms with Crippen LogP contribution in [0.1, 0.15) is 28.1 Å². The van der Waals surface area contributed by atoms with Gasteiger partial charge in [-0.25, -0.2) is 4.39 Å². The third-order valence-electron chi connectivity index (χ3n) is 5.21. The minimum Gasteiger partial charge on any atom is -0.344 e. The molecule has 2 heterocycles. The highest BCUT2D eigenvalue weighted by Gasteiger charge is 2.35. The number of aromatic nitrogens is 1. The quantitative estimate of drug-likeness (QED) is 0.510. The molecule has 152 valence electrons. The molecule has 0 spiro atoms. The Balaban J connectivity index is 1.56. The SMILES string of the molecule is Cc1cc(/C=C2\SC(=O)N(Cc3ccc(F)cc3)C2=O)c(C)n1Cc1ccccc1. The van der Waals surface area contributed by atoms with Crippen LogP contribution in [0.3, 0.4) is 0 Å². The molecule has 6 heteroatoms. The fraction of sp³-hybridized carbons (Fsp3) is 0.167. The average molecular weight is 421 g/mol. The second-order valence-corrected chi connectivity index (χ2v) is 8.29. The van der Waals surface area contributed by atoms with Crippen LogP contribution in [0.15, 0.2) is 65.6 Å². The van der Waals surface area contributed by atoms with Gasteiger partial charge in [-0.2, -0.15) is 0 Å². The number of amides is 2. The molecular weight excluding hydrogens is 399 g/mol. The first-order chi connectivity index (χ1) is 14.4. The van der Waals surface area contributed by atoms with Gasteiger partial charge in [0, 0.05) is 17.9 Å². The summed E-state index contributed by atoms with van der Waals surface area (Å²) in [7, 11) is 0. The molecule has 0 saturated carbocycles. The Hall–Kier alpha value is -3.12. The molecular formula is C24H21FN2O2S. The van der Waals surface area contributed by atoms with Crippen molar-refractivity contribution in [3.63, 3.8) is 0 Å². The van der Waals surface area contributed by atoms with E-state index in [9.17, 15) is 14.0 Å².